The van der Waals surface area contributed by atoms with Crippen LogP contribution in [0.5, 0.6) is 11.5 Å². The lowest BCUT2D eigenvalue weighted by Gasteiger charge is -2.16. The fourth-order valence-corrected chi connectivity index (χ4v) is 3.28. The summed E-state index contributed by atoms with van der Waals surface area (Å²) in [6.45, 7) is 3.96. The van der Waals surface area contributed by atoms with Crippen LogP contribution in [0.1, 0.15) is 36.2 Å². The fraction of sp³-hybridized carbons (Fsp3) is 0.200. The molecular formula is C25H22ClNO3. The molecule has 0 unspecified atom stereocenters. The number of nitrogens with zero attached hydrogens (tertiary/aromatic N) is 1. The molecule has 30 heavy (non-hydrogen) atoms. The Morgan fingerprint density at radius 1 is 0.900 bits per heavy atom. The number of carbonyl (C=O) groups is 1. The highest BCUT2D eigenvalue weighted by Gasteiger charge is 2.10. The smallest absolute Gasteiger partial charge is 0.343 e. The molecular weight excluding hydrogens is 398 g/mol. The maximum absolute atomic E-state index is 12.3. The fourth-order valence-electron chi connectivity index (χ4n) is 3.03. The van der Waals surface area contributed by atoms with E-state index in [1.807, 2.05) is 56.3 Å². The molecule has 0 fully saturated rings. The minimum Gasteiger partial charge on any atom is -0.491 e. The highest BCUT2D eigenvalue weighted by molar-refractivity contribution is 6.20. The van der Waals surface area contributed by atoms with Crippen molar-refractivity contribution in [3.8, 4) is 28.7 Å². The zero-order chi connectivity index (χ0) is 21.5. The first kappa shape index (κ1) is 21.4. The SMILES string of the molecule is C[C@H](Cl)C[C@H](C)Oc1ccc(-c2ccc(C(=O)Oc3ccc(C#N)cc3)cc2)cc1. The molecule has 2 atom stereocenters. The molecule has 3 rings (SSSR count). The Bertz CT molecular complexity index is 1020. The van der Waals surface area contributed by atoms with Crippen LogP contribution in [0.25, 0.3) is 11.1 Å². The maximum Gasteiger partial charge on any atom is 0.343 e. The van der Waals surface area contributed by atoms with Crippen molar-refractivity contribution in [3.05, 3.63) is 83.9 Å². The third kappa shape index (κ3) is 5.85. The van der Waals surface area contributed by atoms with Gasteiger partial charge in [0.25, 0.3) is 0 Å². The first-order valence-electron chi connectivity index (χ1n) is 9.68. The number of carbonyl (C=O) groups excluding carboxylic acids is 1. The number of hydrogen-bond acceptors (Lipinski definition) is 4. The lowest BCUT2D eigenvalue weighted by atomic mass is 10.0. The van der Waals surface area contributed by atoms with Crippen LogP contribution in [0.3, 0.4) is 0 Å². The summed E-state index contributed by atoms with van der Waals surface area (Å²) in [5.74, 6) is 0.750. The quantitative estimate of drug-likeness (QED) is 0.259. The number of alkyl halides is 1. The van der Waals surface area contributed by atoms with Crippen LogP contribution < -0.4 is 9.47 Å². The molecule has 0 aliphatic rings. The average molecular weight is 420 g/mol. The van der Waals surface area contributed by atoms with Crippen molar-refractivity contribution in [1.29, 1.82) is 5.26 Å². The summed E-state index contributed by atoms with van der Waals surface area (Å²) in [7, 11) is 0. The van der Waals surface area contributed by atoms with Gasteiger partial charge in [-0.25, -0.2) is 4.79 Å². The van der Waals surface area contributed by atoms with E-state index in [-0.39, 0.29) is 11.5 Å². The van der Waals surface area contributed by atoms with E-state index in [9.17, 15) is 4.79 Å². The molecule has 3 aromatic carbocycles. The third-order valence-electron chi connectivity index (χ3n) is 4.50. The van der Waals surface area contributed by atoms with Gasteiger partial charge in [-0.05, 0) is 73.5 Å². The molecule has 152 valence electrons. The van der Waals surface area contributed by atoms with Gasteiger partial charge in [0.05, 0.1) is 23.3 Å². The van der Waals surface area contributed by atoms with Crippen LogP contribution in [0.4, 0.5) is 0 Å². The standard InChI is InChI=1S/C25H22ClNO3/c1-17(26)15-18(2)29-23-13-9-21(10-14-23)20-5-7-22(8-6-20)25(28)30-24-11-3-19(16-27)4-12-24/h3-14,17-18H,15H2,1-2H3/t17-,18-/m0/s1. The molecule has 0 amide bonds. The van der Waals surface area contributed by atoms with Crippen molar-refractivity contribution in [1.82, 2.24) is 0 Å². The van der Waals surface area contributed by atoms with E-state index in [4.69, 9.17) is 26.3 Å². The van der Waals surface area contributed by atoms with E-state index >= 15 is 0 Å². The monoisotopic (exact) mass is 419 g/mol. The van der Waals surface area contributed by atoms with Crippen molar-refractivity contribution in [2.75, 3.05) is 0 Å². The molecule has 0 heterocycles. The molecule has 0 saturated carbocycles. The van der Waals surface area contributed by atoms with Crippen molar-refractivity contribution in [2.24, 2.45) is 0 Å². The lowest BCUT2D eigenvalue weighted by Crippen LogP contribution is -2.15. The van der Waals surface area contributed by atoms with E-state index in [0.29, 0.717) is 16.9 Å². The predicted octanol–water partition coefficient (Wildman–Crippen LogP) is 6.23. The molecule has 0 aliphatic carbocycles. The second kappa shape index (κ2) is 9.96. The number of hydrogen-bond donors (Lipinski definition) is 0. The summed E-state index contributed by atoms with van der Waals surface area (Å²) in [6.07, 6.45) is 0.827. The van der Waals surface area contributed by atoms with Gasteiger partial charge in [0.15, 0.2) is 0 Å². The highest BCUT2D eigenvalue weighted by atomic mass is 35.5. The summed E-state index contributed by atoms with van der Waals surface area (Å²) >= 11 is 6.01. The summed E-state index contributed by atoms with van der Waals surface area (Å²) in [4.78, 5) is 12.3. The van der Waals surface area contributed by atoms with Gasteiger partial charge in [-0.1, -0.05) is 24.3 Å². The predicted molar refractivity (Wildman–Crippen MR) is 118 cm³/mol. The normalized spacial score (nSPS) is 12.5. The molecule has 5 heteroatoms. The van der Waals surface area contributed by atoms with E-state index < -0.39 is 5.97 Å². The third-order valence-corrected chi connectivity index (χ3v) is 4.67. The van der Waals surface area contributed by atoms with Crippen LogP contribution in [0.2, 0.25) is 0 Å². The van der Waals surface area contributed by atoms with Crippen molar-refractivity contribution in [2.45, 2.75) is 31.7 Å². The topological polar surface area (TPSA) is 59.3 Å². The largest absolute Gasteiger partial charge is 0.491 e. The summed E-state index contributed by atoms with van der Waals surface area (Å²) in [6, 6.07) is 23.5. The summed E-state index contributed by atoms with van der Waals surface area (Å²) in [5, 5.41) is 8.89. The van der Waals surface area contributed by atoms with Gasteiger partial charge in [0.1, 0.15) is 11.5 Å². The Morgan fingerprint density at radius 3 is 1.97 bits per heavy atom. The van der Waals surface area contributed by atoms with Crippen molar-refractivity contribution in [3.63, 3.8) is 0 Å². The Kier molecular flexibility index (Phi) is 7.11. The van der Waals surface area contributed by atoms with Gasteiger partial charge in [0, 0.05) is 11.8 Å². The zero-order valence-corrected chi connectivity index (χ0v) is 17.6. The number of rotatable bonds is 7. The lowest BCUT2D eigenvalue weighted by molar-refractivity contribution is 0.0735. The number of esters is 1. The molecule has 0 aliphatic heterocycles. The van der Waals surface area contributed by atoms with Crippen LogP contribution >= 0.6 is 11.6 Å². The van der Waals surface area contributed by atoms with E-state index in [0.717, 1.165) is 23.3 Å². The van der Waals surface area contributed by atoms with Crippen LogP contribution in [-0.2, 0) is 0 Å². The molecule has 0 spiro atoms. The van der Waals surface area contributed by atoms with Gasteiger partial charge in [-0.2, -0.15) is 5.26 Å². The van der Waals surface area contributed by atoms with E-state index in [2.05, 4.69) is 0 Å². The molecule has 0 radical (unpaired) electrons. The Hall–Kier alpha value is -3.29. The first-order valence-corrected chi connectivity index (χ1v) is 10.1. The Labute approximate surface area is 181 Å². The van der Waals surface area contributed by atoms with Crippen LogP contribution in [-0.4, -0.2) is 17.5 Å². The number of ether oxygens (including phenoxy) is 2. The summed E-state index contributed by atoms with van der Waals surface area (Å²) in [5.41, 5.74) is 2.97. The van der Waals surface area contributed by atoms with Gasteiger partial charge in [0.2, 0.25) is 0 Å². The molecule has 4 nitrogen and oxygen atoms in total. The highest BCUT2D eigenvalue weighted by Crippen LogP contribution is 2.24. The second-order valence-corrected chi connectivity index (χ2v) is 7.82. The Balaban J connectivity index is 1.63. The second-order valence-electron chi connectivity index (χ2n) is 7.07. The van der Waals surface area contributed by atoms with Gasteiger partial charge >= 0.3 is 5.97 Å². The average Bonchev–Trinajstić information content (AvgIpc) is 2.74. The number of benzene rings is 3. The van der Waals surface area contributed by atoms with Gasteiger partial charge in [-0.15, -0.1) is 11.6 Å². The molecule has 3 aromatic rings. The van der Waals surface area contributed by atoms with Crippen molar-refractivity contribution < 1.29 is 14.3 Å². The minimum absolute atomic E-state index is 0.0461. The number of halogens is 1. The molecule has 0 saturated heterocycles. The van der Waals surface area contributed by atoms with Crippen molar-refractivity contribution >= 4 is 17.6 Å². The van der Waals surface area contributed by atoms with Gasteiger partial charge in [-0.3, -0.25) is 0 Å². The molecule has 0 aromatic heterocycles. The van der Waals surface area contributed by atoms with Crippen LogP contribution in [0.15, 0.2) is 72.8 Å². The molecule has 0 N–H and O–H groups in total. The maximum atomic E-state index is 12.3. The number of nitriles is 1. The van der Waals surface area contributed by atoms with Crippen LogP contribution in [0, 0.1) is 11.3 Å². The van der Waals surface area contributed by atoms with E-state index in [1.165, 1.54) is 0 Å². The Morgan fingerprint density at radius 2 is 1.43 bits per heavy atom. The van der Waals surface area contributed by atoms with E-state index in [1.54, 1.807) is 36.4 Å². The molecule has 0 bridgehead atoms. The minimum atomic E-state index is -0.447. The summed E-state index contributed by atoms with van der Waals surface area (Å²) < 4.78 is 11.2. The first-order chi connectivity index (χ1) is 14.4. The van der Waals surface area contributed by atoms with Gasteiger partial charge < -0.3 is 9.47 Å². The zero-order valence-electron chi connectivity index (χ0n) is 16.8.